The highest BCUT2D eigenvalue weighted by molar-refractivity contribution is 5.98. The fraction of sp³-hybridized carbons (Fsp3) is 0.571. The minimum atomic E-state index is -2.15. The molecule has 3 aromatic rings. The molecule has 41 heteroatoms. The number of nitrogens with zero attached hydrogens (tertiary/aromatic N) is 3. The van der Waals surface area contributed by atoms with Crippen LogP contribution in [-0.4, -0.2) is 258 Å². The van der Waals surface area contributed by atoms with E-state index in [9.17, 15) is 113 Å². The smallest absolute Gasteiger partial charge is 0.326 e. The third-order valence-corrected chi connectivity index (χ3v) is 14.4. The van der Waals surface area contributed by atoms with Crippen molar-refractivity contribution in [1.82, 2.24) is 67.8 Å². The van der Waals surface area contributed by atoms with E-state index in [0.717, 1.165) is 0 Å². The number of rotatable bonds is 47. The number of aliphatic carboxylic acids is 4. The minimum Gasteiger partial charge on any atom is -0.481 e. The second-order valence-electron chi connectivity index (χ2n) is 21.9. The Balaban J connectivity index is 1.90. The summed E-state index contributed by atoms with van der Waals surface area (Å²) in [6.07, 6.45) is -18.8. The van der Waals surface area contributed by atoms with Gasteiger partial charge in [0.05, 0.1) is 43.8 Å². The van der Waals surface area contributed by atoms with Crippen LogP contribution in [0.5, 0.6) is 0 Å². The van der Waals surface area contributed by atoms with Crippen LogP contribution in [0.1, 0.15) is 106 Å². The Morgan fingerprint density at radius 1 is 0.577 bits per heavy atom. The molecular formula is C56H84N16O25. The zero-order chi connectivity index (χ0) is 72.6. The maximum atomic E-state index is 14.4. The average molecular weight is 1380 g/mol. The van der Waals surface area contributed by atoms with E-state index < -0.39 is 253 Å². The van der Waals surface area contributed by atoms with Gasteiger partial charge in [0.2, 0.25) is 47.3 Å². The molecule has 0 fully saturated rings. The number of amides is 8. The van der Waals surface area contributed by atoms with E-state index in [1.165, 1.54) is 37.4 Å². The van der Waals surface area contributed by atoms with Gasteiger partial charge < -0.3 is 115 Å². The molecule has 3 rings (SSSR count). The molecule has 0 radical (unpaired) electrons. The summed E-state index contributed by atoms with van der Waals surface area (Å²) in [6.45, 7) is -1.14. The Bertz CT molecular complexity index is 3240. The first-order valence-electron chi connectivity index (χ1n) is 30.2. The average Bonchev–Trinajstić information content (AvgIpc) is 0.895. The number of H-pyrrole nitrogens is 1. The van der Waals surface area contributed by atoms with E-state index in [0.29, 0.717) is 11.4 Å². The van der Waals surface area contributed by atoms with Crippen LogP contribution in [0.3, 0.4) is 0 Å². The number of aromatic amines is 1. The number of nitrogens with two attached hydrogens (primary N) is 2. The van der Waals surface area contributed by atoms with Gasteiger partial charge in [0.25, 0.3) is 11.5 Å². The second-order valence-corrected chi connectivity index (χ2v) is 21.9. The van der Waals surface area contributed by atoms with Gasteiger partial charge in [-0.05, 0) is 75.6 Å². The predicted octanol–water partition coefficient (Wildman–Crippen LogP) is -8.93. The van der Waals surface area contributed by atoms with Crippen molar-refractivity contribution in [2.24, 2.45) is 5.73 Å². The summed E-state index contributed by atoms with van der Waals surface area (Å²) in [6, 6.07) is -6.72. The number of aliphatic hydroxyl groups is 8. The summed E-state index contributed by atoms with van der Waals surface area (Å²) in [5, 5.41) is 144. The van der Waals surface area contributed by atoms with E-state index in [2.05, 4.69) is 73.1 Å². The molecule has 2 unspecified atom stereocenters. The van der Waals surface area contributed by atoms with Crippen molar-refractivity contribution in [2.45, 2.75) is 176 Å². The van der Waals surface area contributed by atoms with Crippen molar-refractivity contribution in [3.05, 3.63) is 52.1 Å². The standard InChI is InChI=1S/C56H84N16O25/c1-2-28(54(94)95)65-49(89)30(8-14-38(78)59-19-20-73)66-52(92)33(12-18-42(83)84)69-50(90)31(9-15-39(79)61-23-35(75)44(85)45(86)36(76)24-74)67-51(91)32(11-17-41(81)82)68-48(88)29(7-13-37(57)77)64-40(80)16-10-34(55(96)97)70-47(87)25-3-5-26(6-4-25)60-21-27-22-62-46-43(63-27)53(93)72-56(58)71-46/h3-6,22,28-36,40,44-45,48,60,64,68,73-76,80,85-86,88H,2,7-21,23-24H2,1H3,(H2,57,77)(H,59,78)(H,61,79)(H,65,89)(H,66,92)(H,67,91)(H,69,90)(H,70,87)(H,81,82)(H,83,84)(H,94,95)(H,96,97)(H3,58,62,71,72,93)/t28-,29+,30+,31+,32-,33-,34-,35+,36-,40?,44-,45-,48?/m1/s1. The highest BCUT2D eigenvalue weighted by Crippen LogP contribution is 2.16. The van der Waals surface area contributed by atoms with Crippen LogP contribution in [0.4, 0.5) is 11.6 Å². The minimum absolute atomic E-state index is 0.00219. The first-order valence-corrected chi connectivity index (χ1v) is 30.2. The molecule has 0 aliphatic carbocycles. The summed E-state index contributed by atoms with van der Waals surface area (Å²) in [7, 11) is 0. The number of hydrogen-bond acceptors (Lipinski definition) is 28. The summed E-state index contributed by atoms with van der Waals surface area (Å²) >= 11 is 0. The molecule has 0 spiro atoms. The number of carboxylic acid groups (broad SMARTS) is 4. The normalized spacial score (nSPS) is 15.3. The lowest BCUT2D eigenvalue weighted by molar-refractivity contribution is -0.142. The number of nitrogen functional groups attached to an aromatic ring is 1. The lowest BCUT2D eigenvalue weighted by atomic mass is 10.0. The number of hydrogen-bond donors (Lipinski definition) is 25. The quantitative estimate of drug-likeness (QED) is 0.0234. The van der Waals surface area contributed by atoms with Crippen LogP contribution in [-0.2, 0) is 59.3 Å². The van der Waals surface area contributed by atoms with Gasteiger partial charge in [-0.2, -0.15) is 4.98 Å². The molecule has 0 saturated carbocycles. The molecule has 27 N–H and O–H groups in total. The fourth-order valence-corrected chi connectivity index (χ4v) is 8.98. The lowest BCUT2D eigenvalue weighted by Crippen LogP contribution is -2.60. The first-order chi connectivity index (χ1) is 45.8. The maximum Gasteiger partial charge on any atom is 0.326 e. The summed E-state index contributed by atoms with van der Waals surface area (Å²) in [5.74, 6) is -15.1. The van der Waals surface area contributed by atoms with E-state index in [1.54, 1.807) is 0 Å². The Morgan fingerprint density at radius 2 is 1.09 bits per heavy atom. The molecular weight excluding hydrogens is 1300 g/mol. The molecule has 0 bridgehead atoms. The van der Waals surface area contributed by atoms with Crippen molar-refractivity contribution in [3.63, 3.8) is 0 Å². The summed E-state index contributed by atoms with van der Waals surface area (Å²) in [4.78, 5) is 182. The van der Waals surface area contributed by atoms with Crippen LogP contribution in [0, 0.1) is 0 Å². The van der Waals surface area contributed by atoms with Crippen molar-refractivity contribution in [1.29, 1.82) is 0 Å². The van der Waals surface area contributed by atoms with Crippen LogP contribution in [0.25, 0.3) is 11.2 Å². The Labute approximate surface area is 550 Å². The van der Waals surface area contributed by atoms with Gasteiger partial charge in [-0.25, -0.2) is 19.6 Å². The Kier molecular flexibility index (Phi) is 34.7. The molecule has 2 aromatic heterocycles. The number of aliphatic hydroxyl groups excluding tert-OH is 8. The molecule has 97 heavy (non-hydrogen) atoms. The number of carboxylic acids is 4. The molecule has 0 aliphatic heterocycles. The third kappa shape index (κ3) is 29.0. The van der Waals surface area contributed by atoms with E-state index in [4.69, 9.17) is 21.7 Å². The molecule has 0 aliphatic rings. The van der Waals surface area contributed by atoms with Gasteiger partial charge in [-0.15, -0.1) is 0 Å². The SMILES string of the molecule is CC[C@@H](NC(=O)[C@H](CCC(=O)NCCO)NC(=O)[C@@H](CCC(=O)O)NC(=O)[C@H](CCC(=O)NC[C@H](O)[C@@H](O)[C@H](O)[C@H](O)CO)NC(=O)[C@@H](CCC(=O)O)NC(O)[C@H](CCC(N)=O)NC(O)CC[C@@H](NC(=O)c1ccc(NCc2cnc3nc(N)[nH]c(=O)c3n2)cc1)C(=O)O)C(=O)O. The topological polar surface area (TPSA) is 691 Å². The van der Waals surface area contributed by atoms with Gasteiger partial charge in [0.1, 0.15) is 61.0 Å². The van der Waals surface area contributed by atoms with Crippen LogP contribution < -0.4 is 70.2 Å². The summed E-state index contributed by atoms with van der Waals surface area (Å²) in [5.41, 5.74) is 11.1. The number of benzene rings is 1. The Morgan fingerprint density at radius 3 is 1.61 bits per heavy atom. The molecule has 2 heterocycles. The van der Waals surface area contributed by atoms with Gasteiger partial charge in [0, 0.05) is 62.5 Å². The van der Waals surface area contributed by atoms with Gasteiger partial charge in [-0.3, -0.25) is 68.4 Å². The van der Waals surface area contributed by atoms with Crippen molar-refractivity contribution in [3.8, 4) is 0 Å². The number of nitrogens with one attached hydrogen (secondary N) is 11. The van der Waals surface area contributed by atoms with Gasteiger partial charge >= 0.3 is 23.9 Å². The number of carbonyl (C=O) groups excluding carboxylic acids is 8. The van der Waals surface area contributed by atoms with E-state index in [1.807, 2.05) is 0 Å². The van der Waals surface area contributed by atoms with E-state index in [-0.39, 0.29) is 42.2 Å². The zero-order valence-electron chi connectivity index (χ0n) is 52.3. The van der Waals surface area contributed by atoms with Crippen LogP contribution >= 0.6 is 0 Å². The number of primary amides is 1. The van der Waals surface area contributed by atoms with Gasteiger partial charge in [0.15, 0.2) is 11.2 Å². The molecule has 8 amide bonds. The molecule has 1 aromatic carbocycles. The van der Waals surface area contributed by atoms with Crippen molar-refractivity contribution in [2.75, 3.05) is 37.4 Å². The fourth-order valence-electron chi connectivity index (χ4n) is 8.98. The number of anilines is 2. The lowest BCUT2D eigenvalue weighted by Gasteiger charge is -2.31. The summed E-state index contributed by atoms with van der Waals surface area (Å²) < 4.78 is 0. The number of aromatic nitrogens is 4. The Hall–Kier alpha value is -9.72. The van der Waals surface area contributed by atoms with Crippen LogP contribution in [0.15, 0.2) is 35.3 Å². The molecule has 13 atom stereocenters. The number of fused-ring (bicyclic) bond motifs is 1. The van der Waals surface area contributed by atoms with Gasteiger partial charge in [-0.1, -0.05) is 6.92 Å². The first kappa shape index (κ1) is 81.5. The highest BCUT2D eigenvalue weighted by Gasteiger charge is 2.36. The predicted molar refractivity (Wildman–Crippen MR) is 331 cm³/mol. The highest BCUT2D eigenvalue weighted by atomic mass is 16.4. The second kappa shape index (κ2) is 41.3. The van der Waals surface area contributed by atoms with Crippen molar-refractivity contribution >= 4 is 93.9 Å². The molecule has 538 valence electrons. The maximum absolute atomic E-state index is 14.4. The third-order valence-electron chi connectivity index (χ3n) is 14.4. The number of carbonyl (C=O) groups is 12. The van der Waals surface area contributed by atoms with E-state index >= 15 is 0 Å². The van der Waals surface area contributed by atoms with Crippen LogP contribution in [0.2, 0.25) is 0 Å². The molecule has 41 nitrogen and oxygen atoms in total. The molecule has 0 saturated heterocycles. The zero-order valence-corrected chi connectivity index (χ0v) is 52.3. The largest absolute Gasteiger partial charge is 0.481 e. The monoisotopic (exact) mass is 1380 g/mol. The van der Waals surface area contributed by atoms with Crippen molar-refractivity contribution < 1.29 is 119 Å².